The van der Waals surface area contributed by atoms with Gasteiger partial charge in [-0.15, -0.1) is 10.2 Å². The van der Waals surface area contributed by atoms with E-state index < -0.39 is 5.41 Å². The molecule has 0 unspecified atom stereocenters. The molecule has 0 atom stereocenters. The number of hydrogen-bond donors (Lipinski definition) is 1. The van der Waals surface area contributed by atoms with Gasteiger partial charge in [-0.1, -0.05) is 37.3 Å². The summed E-state index contributed by atoms with van der Waals surface area (Å²) in [7, 11) is 0. The van der Waals surface area contributed by atoms with Crippen molar-refractivity contribution in [3.05, 3.63) is 40.7 Å². The number of benzene rings is 1. The predicted molar refractivity (Wildman–Crippen MR) is 100.0 cm³/mol. The average molecular weight is 377 g/mol. The van der Waals surface area contributed by atoms with Crippen LogP contribution in [0.5, 0.6) is 0 Å². The molecule has 2 heterocycles. The number of amides is 1. The summed E-state index contributed by atoms with van der Waals surface area (Å²) in [5.41, 5.74) is 0.0802. The lowest BCUT2D eigenvalue weighted by Crippen LogP contribution is -2.44. The maximum atomic E-state index is 13.3. The van der Waals surface area contributed by atoms with Gasteiger partial charge < -0.3 is 4.74 Å². The molecule has 1 aromatic heterocycles. The second-order valence-corrected chi connectivity index (χ2v) is 7.62. The Morgan fingerprint density at radius 1 is 1.23 bits per heavy atom. The van der Waals surface area contributed by atoms with Crippen LogP contribution in [-0.2, 0) is 14.9 Å². The minimum Gasteiger partial charge on any atom is -0.381 e. The lowest BCUT2D eigenvalue weighted by Gasteiger charge is -2.35. The molecule has 26 heavy (non-hydrogen) atoms. The molecule has 1 fully saturated rings. The first kappa shape index (κ1) is 18.9. The Morgan fingerprint density at radius 3 is 2.50 bits per heavy atom. The first-order valence-corrected chi connectivity index (χ1v) is 9.89. The van der Waals surface area contributed by atoms with Crippen molar-refractivity contribution in [1.29, 1.82) is 0 Å². The van der Waals surface area contributed by atoms with E-state index in [2.05, 4.69) is 29.4 Å². The molecule has 7 heteroatoms. The molecule has 0 aliphatic carbocycles. The van der Waals surface area contributed by atoms with E-state index in [9.17, 15) is 9.18 Å². The van der Waals surface area contributed by atoms with E-state index in [0.717, 1.165) is 23.4 Å². The van der Waals surface area contributed by atoms with Crippen molar-refractivity contribution < 1.29 is 13.9 Å². The normalized spacial score (nSPS) is 16.6. The van der Waals surface area contributed by atoms with Crippen molar-refractivity contribution in [2.45, 2.75) is 50.9 Å². The largest absolute Gasteiger partial charge is 0.381 e. The minimum atomic E-state index is -0.729. The lowest BCUT2D eigenvalue weighted by atomic mass is 9.73. The summed E-state index contributed by atoms with van der Waals surface area (Å²) in [5, 5.41) is 12.8. The minimum absolute atomic E-state index is 0.125. The highest BCUT2D eigenvalue weighted by atomic mass is 32.1. The fraction of sp³-hybridized carbons (Fsp3) is 0.526. The van der Waals surface area contributed by atoms with Gasteiger partial charge in [-0.05, 0) is 43.4 Å². The number of aromatic nitrogens is 2. The molecule has 1 amide bonds. The van der Waals surface area contributed by atoms with Crippen LogP contribution in [0.25, 0.3) is 0 Å². The molecule has 1 aromatic carbocycles. The molecule has 1 saturated heterocycles. The molecule has 0 bridgehead atoms. The van der Waals surface area contributed by atoms with Crippen molar-refractivity contribution in [2.24, 2.45) is 0 Å². The molecule has 1 aliphatic heterocycles. The molecule has 3 rings (SSSR count). The number of carbonyl (C=O) groups excluding carboxylic acids is 1. The summed E-state index contributed by atoms with van der Waals surface area (Å²) in [5.74, 6) is -0.0674. The Labute approximate surface area is 157 Å². The van der Waals surface area contributed by atoms with Crippen LogP contribution in [0.3, 0.4) is 0 Å². The van der Waals surface area contributed by atoms with Crippen LogP contribution in [0.15, 0.2) is 24.3 Å². The highest BCUT2D eigenvalue weighted by Crippen LogP contribution is 2.37. The van der Waals surface area contributed by atoms with Crippen LogP contribution in [-0.4, -0.2) is 29.3 Å². The summed E-state index contributed by atoms with van der Waals surface area (Å²) >= 11 is 1.43. The van der Waals surface area contributed by atoms with Gasteiger partial charge in [0.15, 0.2) is 0 Å². The zero-order chi connectivity index (χ0) is 18.6. The SMILES string of the molecule is CCC(CC)c1nnc(NC(=O)C2(c3ccc(F)cc3)CCOCC2)s1. The molecule has 1 N–H and O–H groups in total. The Kier molecular flexibility index (Phi) is 5.98. The smallest absolute Gasteiger partial charge is 0.237 e. The van der Waals surface area contributed by atoms with Crippen LogP contribution in [0, 0.1) is 5.82 Å². The second-order valence-electron chi connectivity index (χ2n) is 6.61. The van der Waals surface area contributed by atoms with Gasteiger partial charge in [0.2, 0.25) is 11.0 Å². The van der Waals surface area contributed by atoms with E-state index >= 15 is 0 Å². The number of rotatable bonds is 6. The van der Waals surface area contributed by atoms with Gasteiger partial charge in [0.25, 0.3) is 0 Å². The molecule has 5 nitrogen and oxygen atoms in total. The van der Waals surface area contributed by atoms with Gasteiger partial charge in [-0.3, -0.25) is 10.1 Å². The third-order valence-corrected chi connectivity index (χ3v) is 6.17. The standard InChI is InChI=1S/C19H24FN3O2S/c1-3-13(4-2)16-22-23-18(26-16)21-17(24)19(9-11-25-12-10-19)14-5-7-15(20)8-6-14/h5-8,13H,3-4,9-12H2,1-2H3,(H,21,23,24). The highest BCUT2D eigenvalue weighted by Gasteiger charge is 2.42. The summed E-state index contributed by atoms with van der Waals surface area (Å²) in [6, 6.07) is 6.18. The Hall–Kier alpha value is -1.86. The molecule has 2 aromatic rings. The Morgan fingerprint density at radius 2 is 1.88 bits per heavy atom. The molecular weight excluding hydrogens is 353 g/mol. The summed E-state index contributed by atoms with van der Waals surface area (Å²) in [4.78, 5) is 13.2. The van der Waals surface area contributed by atoms with E-state index in [4.69, 9.17) is 4.74 Å². The quantitative estimate of drug-likeness (QED) is 0.817. The maximum absolute atomic E-state index is 13.3. The molecule has 0 saturated carbocycles. The highest BCUT2D eigenvalue weighted by molar-refractivity contribution is 7.15. The number of hydrogen-bond acceptors (Lipinski definition) is 5. The van der Waals surface area contributed by atoms with Gasteiger partial charge in [-0.25, -0.2) is 4.39 Å². The third kappa shape index (κ3) is 3.78. The van der Waals surface area contributed by atoms with Gasteiger partial charge in [-0.2, -0.15) is 0 Å². The van der Waals surface area contributed by atoms with Crippen LogP contribution < -0.4 is 5.32 Å². The first-order chi connectivity index (χ1) is 12.6. The Bertz CT molecular complexity index is 737. The maximum Gasteiger partial charge on any atom is 0.237 e. The fourth-order valence-electron chi connectivity index (χ4n) is 3.44. The number of anilines is 1. The molecule has 1 aliphatic rings. The number of carbonyl (C=O) groups is 1. The van der Waals surface area contributed by atoms with Gasteiger partial charge in [0.1, 0.15) is 10.8 Å². The first-order valence-electron chi connectivity index (χ1n) is 9.07. The molecule has 140 valence electrons. The van der Waals surface area contributed by atoms with E-state index in [-0.39, 0.29) is 11.7 Å². The van der Waals surface area contributed by atoms with Gasteiger partial charge in [0.05, 0.1) is 5.41 Å². The van der Waals surface area contributed by atoms with Crippen LogP contribution in [0.4, 0.5) is 9.52 Å². The van der Waals surface area contributed by atoms with Crippen LogP contribution in [0.1, 0.15) is 56.0 Å². The Balaban J connectivity index is 1.83. The van der Waals surface area contributed by atoms with E-state index in [1.54, 1.807) is 12.1 Å². The molecule has 0 spiro atoms. The van der Waals surface area contributed by atoms with Crippen molar-refractivity contribution in [3.63, 3.8) is 0 Å². The van der Waals surface area contributed by atoms with Crippen molar-refractivity contribution in [1.82, 2.24) is 10.2 Å². The van der Waals surface area contributed by atoms with Crippen molar-refractivity contribution in [3.8, 4) is 0 Å². The molecular formula is C19H24FN3O2S. The van der Waals surface area contributed by atoms with Crippen LogP contribution in [0.2, 0.25) is 0 Å². The number of ether oxygens (including phenoxy) is 1. The monoisotopic (exact) mass is 377 g/mol. The lowest BCUT2D eigenvalue weighted by molar-refractivity contribution is -0.125. The van der Waals surface area contributed by atoms with Crippen molar-refractivity contribution in [2.75, 3.05) is 18.5 Å². The van der Waals surface area contributed by atoms with Crippen LogP contribution >= 0.6 is 11.3 Å². The van der Waals surface area contributed by atoms with E-state index in [0.29, 0.717) is 37.1 Å². The fourth-order valence-corrected chi connectivity index (χ4v) is 4.45. The topological polar surface area (TPSA) is 64.1 Å². The van der Waals surface area contributed by atoms with E-state index in [1.165, 1.54) is 23.5 Å². The second kappa shape index (κ2) is 8.22. The van der Waals surface area contributed by atoms with E-state index in [1.807, 2.05) is 0 Å². The zero-order valence-electron chi connectivity index (χ0n) is 15.1. The third-order valence-electron chi connectivity index (χ3n) is 5.17. The zero-order valence-corrected chi connectivity index (χ0v) is 15.9. The molecule has 0 radical (unpaired) electrons. The van der Waals surface area contributed by atoms with Crippen molar-refractivity contribution >= 4 is 22.4 Å². The summed E-state index contributed by atoms with van der Waals surface area (Å²) in [6.07, 6.45) is 3.11. The number of nitrogens with one attached hydrogen (secondary N) is 1. The number of nitrogens with zero attached hydrogens (tertiary/aromatic N) is 2. The average Bonchev–Trinajstić information content (AvgIpc) is 3.12. The summed E-state index contributed by atoms with van der Waals surface area (Å²) < 4.78 is 18.8. The predicted octanol–water partition coefficient (Wildman–Crippen LogP) is 4.27. The van der Waals surface area contributed by atoms with Gasteiger partial charge >= 0.3 is 0 Å². The number of halogens is 1. The summed E-state index contributed by atoms with van der Waals surface area (Å²) in [6.45, 7) is 5.25. The van der Waals surface area contributed by atoms with Gasteiger partial charge in [0, 0.05) is 19.1 Å².